The molecule has 0 radical (unpaired) electrons. The van der Waals surface area contributed by atoms with Crippen LogP contribution in [0.2, 0.25) is 0 Å². The van der Waals surface area contributed by atoms with E-state index >= 15 is 0 Å². The summed E-state index contributed by atoms with van der Waals surface area (Å²) in [5, 5.41) is 0.911. The number of hydrogen-bond donors (Lipinski definition) is 2. The minimum Gasteiger partial charge on any atom is -0.389 e. The van der Waals surface area contributed by atoms with Crippen molar-refractivity contribution in [1.29, 1.82) is 0 Å². The number of rotatable bonds is 6. The summed E-state index contributed by atoms with van der Waals surface area (Å²) < 4.78 is 26.7. The van der Waals surface area contributed by atoms with Gasteiger partial charge in [-0.25, -0.2) is 18.1 Å². The van der Waals surface area contributed by atoms with Crippen molar-refractivity contribution in [1.82, 2.24) is 9.71 Å². The zero-order valence-corrected chi connectivity index (χ0v) is 13.8. The maximum atomic E-state index is 12.1. The molecule has 0 aliphatic carbocycles. The Morgan fingerprint density at radius 1 is 1.48 bits per heavy atom. The molecule has 0 fully saturated rings. The summed E-state index contributed by atoms with van der Waals surface area (Å²) in [6, 6.07) is 6.92. The van der Waals surface area contributed by atoms with Crippen molar-refractivity contribution in [3.05, 3.63) is 51.5 Å². The number of nitrogens with one attached hydrogen (secondary N) is 1. The maximum absolute atomic E-state index is 12.1. The fourth-order valence-electron chi connectivity index (χ4n) is 1.75. The second-order valence-electron chi connectivity index (χ2n) is 4.49. The summed E-state index contributed by atoms with van der Waals surface area (Å²) >= 11 is 6.36. The molecule has 0 bridgehead atoms. The highest BCUT2D eigenvalue weighted by Crippen LogP contribution is 2.13. The number of aromatic nitrogens is 1. The van der Waals surface area contributed by atoms with Crippen LogP contribution in [0.25, 0.3) is 0 Å². The smallest absolute Gasteiger partial charge is 0.216 e. The van der Waals surface area contributed by atoms with Gasteiger partial charge in [-0.1, -0.05) is 30.4 Å². The minimum absolute atomic E-state index is 0.110. The first-order valence-corrected chi connectivity index (χ1v) is 9.01. The van der Waals surface area contributed by atoms with Crippen LogP contribution in [0.5, 0.6) is 0 Å². The van der Waals surface area contributed by atoms with Crippen LogP contribution in [0.3, 0.4) is 0 Å². The molecule has 2 aromatic rings. The standard InChI is InChI=1S/C13H15N3O2S3/c1-9-15-6-12(20-9)7-16-21(17,18)8-10-3-2-4-11(5-10)13(14)19/h2-6,16H,7-8H2,1H3,(H2,14,19). The number of nitrogens with zero attached hydrogens (tertiary/aromatic N) is 1. The number of sulfonamides is 1. The summed E-state index contributed by atoms with van der Waals surface area (Å²) in [7, 11) is -3.42. The molecule has 21 heavy (non-hydrogen) atoms. The van der Waals surface area contributed by atoms with E-state index in [1.165, 1.54) is 11.3 Å². The number of hydrogen-bond acceptors (Lipinski definition) is 5. The van der Waals surface area contributed by atoms with Crippen molar-refractivity contribution >= 4 is 38.6 Å². The van der Waals surface area contributed by atoms with Gasteiger partial charge in [0, 0.05) is 23.2 Å². The van der Waals surface area contributed by atoms with Crippen molar-refractivity contribution in [2.24, 2.45) is 5.73 Å². The minimum atomic E-state index is -3.42. The summed E-state index contributed by atoms with van der Waals surface area (Å²) in [6.45, 7) is 2.13. The van der Waals surface area contributed by atoms with Crippen LogP contribution < -0.4 is 10.5 Å². The van der Waals surface area contributed by atoms with E-state index in [0.717, 1.165) is 9.88 Å². The molecule has 0 saturated carbocycles. The Bertz CT molecular complexity index is 754. The monoisotopic (exact) mass is 341 g/mol. The molecule has 2 rings (SSSR count). The molecule has 0 amide bonds. The lowest BCUT2D eigenvalue weighted by molar-refractivity contribution is 0.581. The lowest BCUT2D eigenvalue weighted by atomic mass is 10.1. The fraction of sp³-hybridized carbons (Fsp3) is 0.231. The fourth-order valence-corrected chi connectivity index (χ4v) is 3.80. The molecule has 1 aromatic carbocycles. The lowest BCUT2D eigenvalue weighted by Gasteiger charge is -2.07. The third kappa shape index (κ3) is 4.85. The third-order valence-electron chi connectivity index (χ3n) is 2.70. The Balaban J connectivity index is 2.03. The van der Waals surface area contributed by atoms with E-state index < -0.39 is 10.0 Å². The number of thiocarbonyl (C=S) groups is 1. The van der Waals surface area contributed by atoms with Gasteiger partial charge in [0.05, 0.1) is 10.8 Å². The van der Waals surface area contributed by atoms with Gasteiger partial charge in [-0.15, -0.1) is 11.3 Å². The molecule has 0 spiro atoms. The Morgan fingerprint density at radius 2 is 2.24 bits per heavy atom. The number of benzene rings is 1. The van der Waals surface area contributed by atoms with Gasteiger partial charge in [0.2, 0.25) is 10.0 Å². The maximum Gasteiger partial charge on any atom is 0.216 e. The molecule has 5 nitrogen and oxygen atoms in total. The molecule has 0 aliphatic rings. The van der Waals surface area contributed by atoms with E-state index in [1.54, 1.807) is 30.5 Å². The highest BCUT2D eigenvalue weighted by atomic mass is 32.2. The van der Waals surface area contributed by atoms with E-state index in [2.05, 4.69) is 9.71 Å². The molecular formula is C13H15N3O2S3. The van der Waals surface area contributed by atoms with Crippen molar-refractivity contribution in [2.75, 3.05) is 0 Å². The Morgan fingerprint density at radius 3 is 2.86 bits per heavy atom. The number of thiazole rings is 1. The van der Waals surface area contributed by atoms with Crippen LogP contribution in [-0.2, 0) is 22.3 Å². The van der Waals surface area contributed by atoms with Crippen LogP contribution in [0, 0.1) is 6.92 Å². The molecule has 8 heteroatoms. The van der Waals surface area contributed by atoms with Crippen molar-refractivity contribution < 1.29 is 8.42 Å². The lowest BCUT2D eigenvalue weighted by Crippen LogP contribution is -2.24. The average molecular weight is 341 g/mol. The van der Waals surface area contributed by atoms with Crippen molar-refractivity contribution in [2.45, 2.75) is 19.2 Å². The van der Waals surface area contributed by atoms with Gasteiger partial charge in [0.1, 0.15) is 4.99 Å². The van der Waals surface area contributed by atoms with E-state index in [1.807, 2.05) is 6.92 Å². The van der Waals surface area contributed by atoms with Crippen LogP contribution in [0.15, 0.2) is 30.5 Å². The number of aryl methyl sites for hydroxylation is 1. The van der Waals surface area contributed by atoms with Crippen LogP contribution in [-0.4, -0.2) is 18.4 Å². The molecule has 1 aromatic heterocycles. The largest absolute Gasteiger partial charge is 0.389 e. The highest BCUT2D eigenvalue weighted by Gasteiger charge is 2.12. The second kappa shape index (κ2) is 6.61. The molecule has 0 aliphatic heterocycles. The van der Waals surface area contributed by atoms with Gasteiger partial charge in [-0.3, -0.25) is 0 Å². The van der Waals surface area contributed by atoms with Crippen LogP contribution in [0.4, 0.5) is 0 Å². The predicted octanol–water partition coefficient (Wildman–Crippen LogP) is 1.71. The molecule has 0 atom stereocenters. The van der Waals surface area contributed by atoms with E-state index in [4.69, 9.17) is 18.0 Å². The predicted molar refractivity (Wildman–Crippen MR) is 88.6 cm³/mol. The summed E-state index contributed by atoms with van der Waals surface area (Å²) in [4.78, 5) is 5.22. The molecule has 0 unspecified atom stereocenters. The first-order valence-electron chi connectivity index (χ1n) is 6.13. The summed E-state index contributed by atoms with van der Waals surface area (Å²) in [6.07, 6.45) is 1.68. The SMILES string of the molecule is Cc1ncc(CNS(=O)(=O)Cc2cccc(C(N)=S)c2)s1. The van der Waals surface area contributed by atoms with Gasteiger partial charge in [-0.2, -0.15) is 0 Å². The summed E-state index contributed by atoms with van der Waals surface area (Å²) in [5.74, 6) is -0.110. The van der Waals surface area contributed by atoms with Gasteiger partial charge < -0.3 is 5.73 Å². The molecule has 3 N–H and O–H groups in total. The molecule has 0 saturated heterocycles. The van der Waals surface area contributed by atoms with Gasteiger partial charge >= 0.3 is 0 Å². The van der Waals surface area contributed by atoms with E-state index in [9.17, 15) is 8.42 Å². The Kier molecular flexibility index (Phi) is 5.04. The second-order valence-corrected chi connectivity index (χ2v) is 8.06. The van der Waals surface area contributed by atoms with Crippen molar-refractivity contribution in [3.8, 4) is 0 Å². The first-order chi connectivity index (χ1) is 9.85. The van der Waals surface area contributed by atoms with Gasteiger partial charge in [-0.05, 0) is 18.6 Å². The Labute approximate surface area is 133 Å². The van der Waals surface area contributed by atoms with Crippen molar-refractivity contribution in [3.63, 3.8) is 0 Å². The van der Waals surface area contributed by atoms with Gasteiger partial charge in [0.15, 0.2) is 0 Å². The van der Waals surface area contributed by atoms with Crippen LogP contribution >= 0.6 is 23.6 Å². The third-order valence-corrected chi connectivity index (χ3v) is 5.15. The molecular weight excluding hydrogens is 326 g/mol. The zero-order valence-electron chi connectivity index (χ0n) is 11.4. The van der Waals surface area contributed by atoms with E-state index in [0.29, 0.717) is 11.1 Å². The average Bonchev–Trinajstić information content (AvgIpc) is 2.82. The first kappa shape index (κ1) is 16.0. The highest BCUT2D eigenvalue weighted by molar-refractivity contribution is 7.88. The van der Waals surface area contributed by atoms with Gasteiger partial charge in [0.25, 0.3) is 0 Å². The Hall–Kier alpha value is -1.35. The van der Waals surface area contributed by atoms with E-state index in [-0.39, 0.29) is 17.3 Å². The van der Waals surface area contributed by atoms with Crippen LogP contribution in [0.1, 0.15) is 21.0 Å². The number of nitrogens with two attached hydrogens (primary N) is 1. The zero-order chi connectivity index (χ0) is 15.5. The topological polar surface area (TPSA) is 85.1 Å². The molecule has 1 heterocycles. The quantitative estimate of drug-likeness (QED) is 0.781. The summed E-state index contributed by atoms with van der Waals surface area (Å²) in [5.41, 5.74) is 6.85. The normalized spacial score (nSPS) is 11.5. The molecule has 112 valence electrons.